The van der Waals surface area contributed by atoms with E-state index in [1.807, 2.05) is 24.3 Å². The van der Waals surface area contributed by atoms with Crippen LogP contribution in [0.1, 0.15) is 37.1 Å². The van der Waals surface area contributed by atoms with Crippen molar-refractivity contribution >= 4 is 32.2 Å². The summed E-state index contributed by atoms with van der Waals surface area (Å²) < 4.78 is 25.5. The fourth-order valence-electron chi connectivity index (χ4n) is 4.70. The van der Waals surface area contributed by atoms with Crippen LogP contribution in [0.5, 0.6) is 0 Å². The van der Waals surface area contributed by atoms with Gasteiger partial charge in [-0.05, 0) is 67.2 Å². The molecule has 1 aliphatic rings. The summed E-state index contributed by atoms with van der Waals surface area (Å²) in [5, 5.41) is 4.15. The van der Waals surface area contributed by atoms with Crippen molar-refractivity contribution in [2.24, 2.45) is 0 Å². The molecule has 0 spiro atoms. The molecule has 0 saturated heterocycles. The standard InChI is InChI=1S/C29H29N3O3S/c1-36(34,35)26-15-12-21(13-16-26)24-11-14-25(30-18-24)19-31-29(33)20-32-27-10-6-5-9-23(27)17-28(32)22-7-3-2-4-8-22/h5-7,9-18H,2-4,8,19-20H2,1H3,(H,31,33). The number of sulfone groups is 1. The zero-order valence-electron chi connectivity index (χ0n) is 20.3. The zero-order valence-corrected chi connectivity index (χ0v) is 21.1. The Kier molecular flexibility index (Phi) is 6.74. The quantitative estimate of drug-likeness (QED) is 0.370. The Bertz CT molecular complexity index is 1530. The molecule has 184 valence electrons. The van der Waals surface area contributed by atoms with Gasteiger partial charge in [0, 0.05) is 34.6 Å². The molecule has 0 unspecified atom stereocenters. The van der Waals surface area contributed by atoms with Crippen LogP contribution in [0.25, 0.3) is 27.6 Å². The maximum absolute atomic E-state index is 12.9. The number of hydrogen-bond acceptors (Lipinski definition) is 4. The molecule has 36 heavy (non-hydrogen) atoms. The Balaban J connectivity index is 1.26. The van der Waals surface area contributed by atoms with E-state index in [1.165, 1.54) is 24.7 Å². The smallest absolute Gasteiger partial charge is 0.240 e. The Labute approximate surface area is 211 Å². The van der Waals surface area contributed by atoms with Crippen LogP contribution in [0.15, 0.2) is 83.9 Å². The van der Waals surface area contributed by atoms with E-state index >= 15 is 0 Å². The van der Waals surface area contributed by atoms with Crippen LogP contribution < -0.4 is 5.32 Å². The summed E-state index contributed by atoms with van der Waals surface area (Å²) >= 11 is 0. The summed E-state index contributed by atoms with van der Waals surface area (Å²) in [5.41, 5.74) is 6.05. The van der Waals surface area contributed by atoms with Gasteiger partial charge in [-0.15, -0.1) is 0 Å². The molecule has 2 heterocycles. The van der Waals surface area contributed by atoms with Gasteiger partial charge in [-0.3, -0.25) is 9.78 Å². The van der Waals surface area contributed by atoms with Crippen molar-refractivity contribution in [2.45, 2.75) is 43.7 Å². The Morgan fingerprint density at radius 3 is 2.47 bits per heavy atom. The van der Waals surface area contributed by atoms with Gasteiger partial charge in [-0.1, -0.05) is 42.5 Å². The molecule has 7 heteroatoms. The number of pyridine rings is 1. The van der Waals surface area contributed by atoms with Crippen molar-refractivity contribution in [3.63, 3.8) is 0 Å². The van der Waals surface area contributed by atoms with Crippen LogP contribution in [0.4, 0.5) is 0 Å². The lowest BCUT2D eigenvalue weighted by Crippen LogP contribution is -2.28. The number of nitrogens with one attached hydrogen (secondary N) is 1. The molecule has 0 atom stereocenters. The van der Waals surface area contributed by atoms with Crippen molar-refractivity contribution < 1.29 is 13.2 Å². The molecule has 0 saturated carbocycles. The molecule has 1 amide bonds. The number of hydrogen-bond donors (Lipinski definition) is 1. The van der Waals surface area contributed by atoms with E-state index in [1.54, 1.807) is 30.5 Å². The van der Waals surface area contributed by atoms with Crippen LogP contribution >= 0.6 is 0 Å². The summed E-state index contributed by atoms with van der Waals surface area (Å²) in [4.78, 5) is 17.7. The number of allylic oxidation sites excluding steroid dienone is 2. The van der Waals surface area contributed by atoms with E-state index < -0.39 is 9.84 Å². The number of benzene rings is 2. The van der Waals surface area contributed by atoms with E-state index in [0.717, 1.165) is 46.3 Å². The van der Waals surface area contributed by atoms with Crippen molar-refractivity contribution in [3.05, 3.63) is 90.4 Å². The molecular weight excluding hydrogens is 470 g/mol. The highest BCUT2D eigenvalue weighted by Crippen LogP contribution is 2.31. The van der Waals surface area contributed by atoms with Crippen LogP contribution in [0, 0.1) is 0 Å². The predicted molar refractivity (Wildman–Crippen MR) is 143 cm³/mol. The molecule has 0 fully saturated rings. The molecule has 0 aliphatic heterocycles. The van der Waals surface area contributed by atoms with E-state index in [-0.39, 0.29) is 17.3 Å². The van der Waals surface area contributed by atoms with Crippen LogP contribution in [-0.4, -0.2) is 30.1 Å². The van der Waals surface area contributed by atoms with Crippen molar-refractivity contribution in [3.8, 4) is 11.1 Å². The molecular formula is C29H29N3O3S. The van der Waals surface area contributed by atoms with E-state index in [0.29, 0.717) is 6.54 Å². The van der Waals surface area contributed by atoms with E-state index in [2.05, 4.69) is 39.1 Å². The SMILES string of the molecule is CS(=O)(=O)c1ccc(-c2ccc(CNC(=O)Cn3c(C4=CCCCC4)cc4ccccc43)nc2)cc1. The van der Waals surface area contributed by atoms with Gasteiger partial charge in [0.2, 0.25) is 5.91 Å². The number of carbonyl (C=O) groups excluding carboxylic acids is 1. The maximum Gasteiger partial charge on any atom is 0.240 e. The molecule has 5 rings (SSSR count). The molecule has 2 aromatic carbocycles. The van der Waals surface area contributed by atoms with Crippen LogP contribution in [-0.2, 0) is 27.7 Å². The van der Waals surface area contributed by atoms with Gasteiger partial charge in [0.25, 0.3) is 0 Å². The average Bonchev–Trinajstić information content (AvgIpc) is 3.26. The normalized spacial score (nSPS) is 14.0. The van der Waals surface area contributed by atoms with Gasteiger partial charge < -0.3 is 9.88 Å². The van der Waals surface area contributed by atoms with Gasteiger partial charge in [0.1, 0.15) is 6.54 Å². The first-order valence-electron chi connectivity index (χ1n) is 12.2. The second-order valence-electron chi connectivity index (χ2n) is 9.26. The minimum Gasteiger partial charge on any atom is -0.349 e. The van der Waals surface area contributed by atoms with Gasteiger partial charge in [-0.25, -0.2) is 8.42 Å². The number of para-hydroxylation sites is 1. The lowest BCUT2D eigenvalue weighted by molar-refractivity contribution is -0.121. The molecule has 1 N–H and O–H groups in total. The summed E-state index contributed by atoms with van der Waals surface area (Å²) in [6, 6.07) is 20.9. The number of nitrogens with zero attached hydrogens (tertiary/aromatic N) is 2. The Morgan fingerprint density at radius 2 is 1.78 bits per heavy atom. The Morgan fingerprint density at radius 1 is 1.00 bits per heavy atom. The monoisotopic (exact) mass is 499 g/mol. The molecule has 1 aliphatic carbocycles. The van der Waals surface area contributed by atoms with Crippen LogP contribution in [0.3, 0.4) is 0 Å². The predicted octanol–water partition coefficient (Wildman–Crippen LogP) is 5.38. The first kappa shape index (κ1) is 24.0. The first-order chi connectivity index (χ1) is 17.4. The molecule has 0 bridgehead atoms. The van der Waals surface area contributed by atoms with Gasteiger partial charge >= 0.3 is 0 Å². The summed E-state index contributed by atoms with van der Waals surface area (Å²) in [6.45, 7) is 0.592. The largest absolute Gasteiger partial charge is 0.349 e. The summed E-state index contributed by atoms with van der Waals surface area (Å²) in [5.74, 6) is -0.0590. The second-order valence-corrected chi connectivity index (χ2v) is 11.3. The van der Waals surface area contributed by atoms with Gasteiger partial charge in [-0.2, -0.15) is 0 Å². The summed E-state index contributed by atoms with van der Waals surface area (Å²) in [6.07, 6.45) is 9.79. The maximum atomic E-state index is 12.9. The number of rotatable bonds is 7. The van der Waals surface area contributed by atoms with E-state index in [4.69, 9.17) is 0 Å². The average molecular weight is 500 g/mol. The number of aromatic nitrogens is 2. The fraction of sp³-hybridized carbons (Fsp3) is 0.241. The summed E-state index contributed by atoms with van der Waals surface area (Å²) in [7, 11) is -3.23. The topological polar surface area (TPSA) is 81.1 Å². The minimum atomic E-state index is -3.23. The molecule has 6 nitrogen and oxygen atoms in total. The minimum absolute atomic E-state index is 0.0590. The van der Waals surface area contributed by atoms with Gasteiger partial charge in [0.05, 0.1) is 17.1 Å². The van der Waals surface area contributed by atoms with E-state index in [9.17, 15) is 13.2 Å². The van der Waals surface area contributed by atoms with Crippen molar-refractivity contribution in [2.75, 3.05) is 6.26 Å². The number of carbonyl (C=O) groups is 1. The highest BCUT2D eigenvalue weighted by atomic mass is 32.2. The third-order valence-corrected chi connectivity index (χ3v) is 7.77. The highest BCUT2D eigenvalue weighted by Gasteiger charge is 2.16. The molecule has 2 aromatic heterocycles. The highest BCUT2D eigenvalue weighted by molar-refractivity contribution is 7.90. The third kappa shape index (κ3) is 5.26. The van der Waals surface area contributed by atoms with Gasteiger partial charge in [0.15, 0.2) is 9.84 Å². The molecule has 4 aromatic rings. The molecule has 0 radical (unpaired) electrons. The second kappa shape index (κ2) is 10.1. The Hall–Kier alpha value is -3.71. The number of fused-ring (bicyclic) bond motifs is 1. The van der Waals surface area contributed by atoms with Crippen LogP contribution in [0.2, 0.25) is 0 Å². The zero-order chi connectivity index (χ0) is 25.1. The van der Waals surface area contributed by atoms with Crippen molar-refractivity contribution in [1.82, 2.24) is 14.9 Å². The third-order valence-electron chi connectivity index (χ3n) is 6.64. The lowest BCUT2D eigenvalue weighted by atomic mass is 9.97. The first-order valence-corrected chi connectivity index (χ1v) is 14.1. The fourth-order valence-corrected chi connectivity index (χ4v) is 5.33. The van der Waals surface area contributed by atoms with Crippen molar-refractivity contribution in [1.29, 1.82) is 0 Å². The lowest BCUT2D eigenvalue weighted by Gasteiger charge is -2.16. The number of amides is 1.